The molecule has 0 aliphatic carbocycles. The van der Waals surface area contributed by atoms with Crippen molar-refractivity contribution in [2.45, 2.75) is 80.8 Å². The highest BCUT2D eigenvalue weighted by Gasteiger charge is 2.57. The molecule has 3 saturated heterocycles. The van der Waals surface area contributed by atoms with Gasteiger partial charge in [-0.15, -0.1) is 0 Å². The maximum atomic E-state index is 12.7. The van der Waals surface area contributed by atoms with Crippen LogP contribution in [0.1, 0.15) is 56.9 Å². The van der Waals surface area contributed by atoms with Crippen LogP contribution < -0.4 is 5.32 Å². The lowest BCUT2D eigenvalue weighted by atomic mass is 9.72. The summed E-state index contributed by atoms with van der Waals surface area (Å²) in [5.74, 6) is 0.0697. The molecule has 1 amide bonds. The van der Waals surface area contributed by atoms with Gasteiger partial charge < -0.3 is 29.9 Å². The quantitative estimate of drug-likeness (QED) is 0.602. The average Bonchev–Trinajstić information content (AvgIpc) is 2.90. The maximum Gasteiger partial charge on any atom is 0.223 e. The van der Waals surface area contributed by atoms with Gasteiger partial charge in [-0.3, -0.25) is 4.79 Å². The van der Waals surface area contributed by atoms with Gasteiger partial charge in [-0.25, -0.2) is 0 Å². The predicted octanol–water partition coefficient (Wildman–Crippen LogP) is 2.07. The lowest BCUT2D eigenvalue weighted by Gasteiger charge is -2.52. The number of hydrogen-bond acceptors (Lipinski definition) is 6. The molecular weight excluding hydrogens is 420 g/mol. The summed E-state index contributed by atoms with van der Waals surface area (Å²) in [7, 11) is 3.97. The SMILES string of the molecule is CN(C)[C@@H]1CC[C@@]2([C@H](O)CNC(=O)C3CCOCC3)C[C@H](c3ccccc3)C[C@](C)(O2)[C@H]1O. The van der Waals surface area contributed by atoms with E-state index >= 15 is 0 Å². The van der Waals surface area contributed by atoms with E-state index in [0.717, 1.165) is 6.42 Å². The molecule has 1 aromatic rings. The molecule has 3 N–H and O–H groups in total. The molecule has 0 spiro atoms. The van der Waals surface area contributed by atoms with Gasteiger partial charge in [0, 0.05) is 31.7 Å². The summed E-state index contributed by atoms with van der Waals surface area (Å²) in [6, 6.07) is 10.3. The zero-order chi connectivity index (χ0) is 23.6. The maximum absolute atomic E-state index is 12.7. The molecule has 2 bridgehead atoms. The molecule has 3 aliphatic rings. The van der Waals surface area contributed by atoms with Crippen LogP contribution in [0.25, 0.3) is 0 Å². The highest BCUT2D eigenvalue weighted by Crippen LogP contribution is 2.51. The van der Waals surface area contributed by atoms with Crippen LogP contribution in [-0.4, -0.2) is 84.3 Å². The lowest BCUT2D eigenvalue weighted by Crippen LogP contribution is -2.61. The summed E-state index contributed by atoms with van der Waals surface area (Å²) in [6.07, 6.45) is 2.59. The van der Waals surface area contributed by atoms with E-state index in [9.17, 15) is 15.0 Å². The minimum Gasteiger partial charge on any atom is -0.388 e. The Kier molecular flexibility index (Phi) is 7.46. The second-order valence-electron chi connectivity index (χ2n) is 10.7. The van der Waals surface area contributed by atoms with Gasteiger partial charge in [0.05, 0.1) is 17.3 Å². The summed E-state index contributed by atoms with van der Waals surface area (Å²) >= 11 is 0. The predicted molar refractivity (Wildman–Crippen MR) is 126 cm³/mol. The lowest BCUT2D eigenvalue weighted by molar-refractivity contribution is -0.250. The zero-order valence-electron chi connectivity index (χ0n) is 20.2. The number of carbonyl (C=O) groups is 1. The number of carbonyl (C=O) groups excluding carboxylic acids is 1. The number of aliphatic hydroxyl groups is 2. The number of aliphatic hydroxyl groups excluding tert-OH is 2. The molecule has 3 fully saturated rings. The van der Waals surface area contributed by atoms with E-state index in [-0.39, 0.29) is 30.3 Å². The number of amides is 1. The standard InChI is InChI=1S/C26H40N2O5/c1-25-15-20(18-7-5-4-6-8-18)16-26(33-25,12-9-21(23(25)30)28(2)3)22(29)17-27-24(31)19-10-13-32-14-11-19/h4-8,19-23,29-30H,9-17H2,1-3H3,(H,27,31)/t20-,21-,22-,23+,25+,26+/m1/s1. The van der Waals surface area contributed by atoms with Gasteiger partial charge in [-0.05, 0) is 71.0 Å². The van der Waals surface area contributed by atoms with E-state index in [1.807, 2.05) is 39.2 Å². The number of likely N-dealkylation sites (N-methyl/N-ethyl adjacent to an activating group) is 1. The fourth-order valence-corrected chi connectivity index (χ4v) is 6.18. The number of ether oxygens (including phenoxy) is 2. The second kappa shape index (κ2) is 10.0. The van der Waals surface area contributed by atoms with E-state index < -0.39 is 23.4 Å². The molecule has 0 aromatic heterocycles. The number of nitrogens with one attached hydrogen (secondary N) is 1. The monoisotopic (exact) mass is 460 g/mol. The summed E-state index contributed by atoms with van der Waals surface area (Å²) in [5.41, 5.74) is -0.427. The Balaban J connectivity index is 1.57. The third-order valence-corrected chi connectivity index (χ3v) is 8.14. The van der Waals surface area contributed by atoms with Crippen molar-refractivity contribution in [3.05, 3.63) is 35.9 Å². The first-order chi connectivity index (χ1) is 15.7. The summed E-state index contributed by atoms with van der Waals surface area (Å²) in [5, 5.41) is 25.9. The van der Waals surface area contributed by atoms with Crippen molar-refractivity contribution in [3.63, 3.8) is 0 Å². The van der Waals surface area contributed by atoms with Gasteiger partial charge in [0.1, 0.15) is 6.10 Å². The van der Waals surface area contributed by atoms with Crippen molar-refractivity contribution in [2.75, 3.05) is 33.9 Å². The van der Waals surface area contributed by atoms with Crippen LogP contribution >= 0.6 is 0 Å². The van der Waals surface area contributed by atoms with Gasteiger partial charge in [0.15, 0.2) is 0 Å². The largest absolute Gasteiger partial charge is 0.388 e. The zero-order valence-corrected chi connectivity index (χ0v) is 20.2. The van der Waals surface area contributed by atoms with Gasteiger partial charge in [0.25, 0.3) is 0 Å². The topological polar surface area (TPSA) is 91.3 Å². The molecule has 3 heterocycles. The fourth-order valence-electron chi connectivity index (χ4n) is 6.18. The Morgan fingerprint density at radius 2 is 1.88 bits per heavy atom. The summed E-state index contributed by atoms with van der Waals surface area (Å²) in [4.78, 5) is 14.8. The molecule has 3 aliphatic heterocycles. The van der Waals surface area contributed by atoms with Gasteiger partial charge in [0.2, 0.25) is 5.91 Å². The molecule has 7 heteroatoms. The van der Waals surface area contributed by atoms with Crippen LogP contribution in [-0.2, 0) is 14.3 Å². The molecule has 6 atom stereocenters. The normalized spacial score (nSPS) is 36.2. The Morgan fingerprint density at radius 1 is 1.18 bits per heavy atom. The summed E-state index contributed by atoms with van der Waals surface area (Å²) in [6.45, 7) is 3.34. The molecular formula is C26H40N2O5. The fraction of sp³-hybridized carbons (Fsp3) is 0.731. The number of benzene rings is 1. The van der Waals surface area contributed by atoms with Crippen molar-refractivity contribution in [1.29, 1.82) is 0 Å². The Bertz CT molecular complexity index is 799. The first kappa shape index (κ1) is 24.6. The molecule has 0 saturated carbocycles. The number of rotatable bonds is 6. The molecule has 0 unspecified atom stereocenters. The van der Waals surface area contributed by atoms with Crippen LogP contribution in [0, 0.1) is 5.92 Å². The van der Waals surface area contributed by atoms with E-state index in [2.05, 4.69) is 22.3 Å². The first-order valence-electron chi connectivity index (χ1n) is 12.4. The molecule has 4 rings (SSSR count). The van der Waals surface area contributed by atoms with Crippen molar-refractivity contribution in [3.8, 4) is 0 Å². The van der Waals surface area contributed by atoms with Gasteiger partial charge in [-0.2, -0.15) is 0 Å². The Morgan fingerprint density at radius 3 is 2.55 bits per heavy atom. The van der Waals surface area contributed by atoms with Crippen LogP contribution in [0.15, 0.2) is 30.3 Å². The third-order valence-electron chi connectivity index (χ3n) is 8.14. The highest BCUT2D eigenvalue weighted by molar-refractivity contribution is 5.78. The first-order valence-corrected chi connectivity index (χ1v) is 12.4. The molecule has 7 nitrogen and oxygen atoms in total. The number of hydrogen-bond donors (Lipinski definition) is 3. The minimum absolute atomic E-state index is 0.0215. The molecule has 1 aromatic carbocycles. The van der Waals surface area contributed by atoms with E-state index in [1.165, 1.54) is 5.56 Å². The van der Waals surface area contributed by atoms with E-state index in [4.69, 9.17) is 9.47 Å². The Labute approximate surface area is 197 Å². The van der Waals surface area contributed by atoms with Crippen LogP contribution in [0.5, 0.6) is 0 Å². The van der Waals surface area contributed by atoms with Crippen molar-refractivity contribution in [2.24, 2.45) is 5.92 Å². The molecule has 0 radical (unpaired) electrons. The minimum atomic E-state index is -0.861. The average molecular weight is 461 g/mol. The number of nitrogens with zero attached hydrogens (tertiary/aromatic N) is 1. The van der Waals surface area contributed by atoms with Gasteiger partial charge in [-0.1, -0.05) is 30.3 Å². The van der Waals surface area contributed by atoms with Crippen LogP contribution in [0.3, 0.4) is 0 Å². The van der Waals surface area contributed by atoms with E-state index in [1.54, 1.807) is 0 Å². The summed E-state index contributed by atoms with van der Waals surface area (Å²) < 4.78 is 12.1. The third kappa shape index (κ3) is 5.13. The van der Waals surface area contributed by atoms with Crippen LogP contribution in [0.2, 0.25) is 0 Å². The Hall–Kier alpha value is -1.51. The molecule has 184 valence electrons. The molecule has 33 heavy (non-hydrogen) atoms. The van der Waals surface area contributed by atoms with E-state index in [0.29, 0.717) is 45.3 Å². The van der Waals surface area contributed by atoms with Crippen molar-refractivity contribution < 1.29 is 24.5 Å². The second-order valence-corrected chi connectivity index (χ2v) is 10.7. The van der Waals surface area contributed by atoms with Crippen molar-refractivity contribution in [1.82, 2.24) is 10.2 Å². The number of fused-ring (bicyclic) bond motifs is 2. The highest BCUT2D eigenvalue weighted by atomic mass is 16.6. The van der Waals surface area contributed by atoms with Gasteiger partial charge >= 0.3 is 0 Å². The smallest absolute Gasteiger partial charge is 0.223 e. The van der Waals surface area contributed by atoms with Crippen molar-refractivity contribution >= 4 is 5.91 Å². The van der Waals surface area contributed by atoms with Crippen LogP contribution in [0.4, 0.5) is 0 Å².